The molecule has 0 aromatic heterocycles. The van der Waals surface area contributed by atoms with Crippen molar-refractivity contribution in [1.29, 1.82) is 0 Å². The van der Waals surface area contributed by atoms with E-state index in [1.54, 1.807) is 0 Å². The number of nitrogens with one attached hydrogen (secondary N) is 1. The van der Waals surface area contributed by atoms with Crippen LogP contribution in [0.25, 0.3) is 0 Å². The summed E-state index contributed by atoms with van der Waals surface area (Å²) in [5.74, 6) is -0.487. The van der Waals surface area contributed by atoms with Crippen LogP contribution in [0.1, 0.15) is 284 Å². The monoisotopic (exact) mass is 872 g/mol. The molecule has 0 spiro atoms. The zero-order valence-electron chi connectivity index (χ0n) is 41.5. The van der Waals surface area contributed by atoms with Gasteiger partial charge in [-0.05, 0) is 77.0 Å². The maximum atomic E-state index is 13.2. The van der Waals surface area contributed by atoms with Gasteiger partial charge in [0, 0.05) is 6.42 Å². The molecule has 0 aliphatic heterocycles. The van der Waals surface area contributed by atoms with Gasteiger partial charge in [-0.3, -0.25) is 9.59 Å². The van der Waals surface area contributed by atoms with Crippen molar-refractivity contribution in [3.8, 4) is 0 Å². The molecule has 1 amide bonds. The molecule has 0 saturated carbocycles. The standard InChI is InChI=1S/C56H105NO5/c1-4-7-10-13-16-19-21-23-25-26-27-28-30-32-34-37-40-43-46-49-56(61)62-52(47-44-41-38-35-18-15-12-9-6-3)50-55(60)57-53(51-58)54(59)48-45-42-39-36-33-31-29-24-22-20-17-14-11-8-5-2/h15-16,18-19,23,25,52-54,58-59H,4-14,17,20-22,24,26-51H2,1-3H3,(H,57,60)/b18-15-,19-16-,25-23-. The van der Waals surface area contributed by atoms with Gasteiger partial charge in [0.1, 0.15) is 6.10 Å². The van der Waals surface area contributed by atoms with Crippen LogP contribution >= 0.6 is 0 Å². The molecular weight excluding hydrogens is 767 g/mol. The molecule has 0 fully saturated rings. The molecule has 364 valence electrons. The SMILES string of the molecule is CCCC/C=C\CCCCCC(CC(=O)NC(CO)C(O)CCCCCCCCCCCCCCCCC)OC(=O)CCCCCCCCCCC/C=C\C/C=C\CCCCC. The third kappa shape index (κ3) is 44.7. The highest BCUT2D eigenvalue weighted by atomic mass is 16.5. The van der Waals surface area contributed by atoms with Gasteiger partial charge in [-0.1, -0.05) is 231 Å². The highest BCUT2D eigenvalue weighted by Gasteiger charge is 2.24. The molecule has 0 aromatic carbocycles. The molecule has 3 unspecified atom stereocenters. The van der Waals surface area contributed by atoms with Crippen LogP contribution in [0.5, 0.6) is 0 Å². The fraction of sp³-hybridized carbons (Fsp3) is 0.857. The van der Waals surface area contributed by atoms with E-state index in [1.165, 1.54) is 167 Å². The fourth-order valence-electron chi connectivity index (χ4n) is 8.27. The van der Waals surface area contributed by atoms with E-state index in [9.17, 15) is 19.8 Å². The predicted molar refractivity (Wildman–Crippen MR) is 269 cm³/mol. The molecule has 0 aliphatic carbocycles. The van der Waals surface area contributed by atoms with E-state index in [0.29, 0.717) is 19.3 Å². The van der Waals surface area contributed by atoms with Gasteiger partial charge in [0.05, 0.1) is 25.2 Å². The van der Waals surface area contributed by atoms with Gasteiger partial charge in [0.25, 0.3) is 0 Å². The van der Waals surface area contributed by atoms with Gasteiger partial charge in [0.15, 0.2) is 0 Å². The second-order valence-electron chi connectivity index (χ2n) is 18.6. The minimum absolute atomic E-state index is 0.0671. The molecule has 0 rings (SSSR count). The summed E-state index contributed by atoms with van der Waals surface area (Å²) in [6.45, 7) is 6.43. The Morgan fingerprint density at radius 1 is 0.468 bits per heavy atom. The highest BCUT2D eigenvalue weighted by molar-refractivity contribution is 5.77. The van der Waals surface area contributed by atoms with E-state index in [4.69, 9.17) is 4.74 Å². The normalized spacial score (nSPS) is 13.4. The van der Waals surface area contributed by atoms with Crippen molar-refractivity contribution < 1.29 is 24.5 Å². The number of allylic oxidation sites excluding steroid dienone is 6. The van der Waals surface area contributed by atoms with Crippen molar-refractivity contribution >= 4 is 11.9 Å². The van der Waals surface area contributed by atoms with Crippen LogP contribution < -0.4 is 5.32 Å². The zero-order chi connectivity index (χ0) is 45.2. The number of hydrogen-bond donors (Lipinski definition) is 3. The summed E-state index contributed by atoms with van der Waals surface area (Å²) in [5, 5.41) is 23.8. The van der Waals surface area contributed by atoms with Crippen LogP contribution in [-0.2, 0) is 14.3 Å². The summed E-state index contributed by atoms with van der Waals surface area (Å²) < 4.78 is 5.92. The lowest BCUT2D eigenvalue weighted by atomic mass is 10.0. The number of carbonyl (C=O) groups excluding carboxylic acids is 2. The minimum atomic E-state index is -0.790. The Bertz CT molecular complexity index is 1020. The number of esters is 1. The second kappa shape index (κ2) is 50.1. The summed E-state index contributed by atoms with van der Waals surface area (Å²) in [6.07, 6.45) is 59.3. The van der Waals surface area contributed by atoms with Gasteiger partial charge in [-0.2, -0.15) is 0 Å². The Morgan fingerprint density at radius 2 is 0.839 bits per heavy atom. The molecule has 0 bridgehead atoms. The third-order valence-corrected chi connectivity index (χ3v) is 12.4. The molecular formula is C56H105NO5. The van der Waals surface area contributed by atoms with Crippen molar-refractivity contribution in [2.24, 2.45) is 0 Å². The molecule has 0 radical (unpaired) electrons. The number of amides is 1. The van der Waals surface area contributed by atoms with Crippen LogP contribution in [0, 0.1) is 0 Å². The van der Waals surface area contributed by atoms with Crippen molar-refractivity contribution in [3.63, 3.8) is 0 Å². The number of aliphatic hydroxyl groups excluding tert-OH is 2. The number of carbonyl (C=O) groups is 2. The summed E-state index contributed by atoms with van der Waals surface area (Å²) in [6, 6.07) is -0.704. The smallest absolute Gasteiger partial charge is 0.306 e. The van der Waals surface area contributed by atoms with E-state index in [0.717, 1.165) is 70.6 Å². The largest absolute Gasteiger partial charge is 0.462 e. The number of rotatable bonds is 49. The highest BCUT2D eigenvalue weighted by Crippen LogP contribution is 2.18. The maximum Gasteiger partial charge on any atom is 0.306 e. The summed E-state index contributed by atoms with van der Waals surface area (Å²) in [4.78, 5) is 26.1. The topological polar surface area (TPSA) is 95.9 Å². The maximum absolute atomic E-state index is 13.2. The van der Waals surface area contributed by atoms with Gasteiger partial charge in [-0.15, -0.1) is 0 Å². The molecule has 62 heavy (non-hydrogen) atoms. The molecule has 0 aliphatic rings. The van der Waals surface area contributed by atoms with Gasteiger partial charge in [0.2, 0.25) is 5.91 Å². The zero-order valence-corrected chi connectivity index (χ0v) is 41.5. The molecule has 3 atom stereocenters. The second-order valence-corrected chi connectivity index (χ2v) is 18.6. The lowest BCUT2D eigenvalue weighted by Gasteiger charge is -2.24. The Morgan fingerprint density at radius 3 is 1.34 bits per heavy atom. The molecule has 3 N–H and O–H groups in total. The van der Waals surface area contributed by atoms with Gasteiger partial charge in [-0.25, -0.2) is 0 Å². The molecule has 0 heterocycles. The lowest BCUT2D eigenvalue weighted by molar-refractivity contribution is -0.151. The molecule has 6 nitrogen and oxygen atoms in total. The van der Waals surface area contributed by atoms with E-state index < -0.39 is 18.2 Å². The number of hydrogen-bond acceptors (Lipinski definition) is 5. The van der Waals surface area contributed by atoms with Crippen LogP contribution in [0.15, 0.2) is 36.5 Å². The van der Waals surface area contributed by atoms with Crippen LogP contribution in [-0.4, -0.2) is 46.9 Å². The minimum Gasteiger partial charge on any atom is -0.462 e. The Kier molecular flexibility index (Phi) is 48.5. The Labute approximate surface area is 385 Å². The van der Waals surface area contributed by atoms with Crippen LogP contribution in [0.3, 0.4) is 0 Å². The summed E-state index contributed by atoms with van der Waals surface area (Å²) in [7, 11) is 0. The number of aliphatic hydroxyl groups is 2. The fourth-order valence-corrected chi connectivity index (χ4v) is 8.27. The lowest BCUT2D eigenvalue weighted by Crippen LogP contribution is -2.46. The van der Waals surface area contributed by atoms with E-state index >= 15 is 0 Å². The third-order valence-electron chi connectivity index (χ3n) is 12.4. The first kappa shape index (κ1) is 60.1. The average Bonchev–Trinajstić information content (AvgIpc) is 3.26. The van der Waals surface area contributed by atoms with Crippen molar-refractivity contribution in [2.75, 3.05) is 6.61 Å². The van der Waals surface area contributed by atoms with Gasteiger partial charge < -0.3 is 20.3 Å². The summed E-state index contributed by atoms with van der Waals surface area (Å²) in [5.41, 5.74) is 0. The number of ether oxygens (including phenoxy) is 1. The predicted octanol–water partition coefficient (Wildman–Crippen LogP) is 16.5. The molecule has 6 heteroatoms. The average molecular weight is 872 g/mol. The van der Waals surface area contributed by atoms with E-state index in [-0.39, 0.29) is 24.9 Å². The van der Waals surface area contributed by atoms with Crippen LogP contribution in [0.2, 0.25) is 0 Å². The Hall–Kier alpha value is -1.92. The molecule has 0 aromatic rings. The van der Waals surface area contributed by atoms with Crippen LogP contribution in [0.4, 0.5) is 0 Å². The van der Waals surface area contributed by atoms with Crippen molar-refractivity contribution in [2.45, 2.75) is 302 Å². The van der Waals surface area contributed by atoms with Crippen molar-refractivity contribution in [3.05, 3.63) is 36.5 Å². The first-order valence-corrected chi connectivity index (χ1v) is 27.2. The Balaban J connectivity index is 4.40. The van der Waals surface area contributed by atoms with Gasteiger partial charge >= 0.3 is 5.97 Å². The molecule has 0 saturated heterocycles. The first-order valence-electron chi connectivity index (χ1n) is 27.2. The quantitative estimate of drug-likeness (QED) is 0.0321. The first-order chi connectivity index (χ1) is 30.5. The van der Waals surface area contributed by atoms with Crippen molar-refractivity contribution in [1.82, 2.24) is 5.32 Å². The van der Waals surface area contributed by atoms with E-state index in [1.807, 2.05) is 0 Å². The number of unbranched alkanes of at least 4 members (excludes halogenated alkanes) is 31. The van der Waals surface area contributed by atoms with E-state index in [2.05, 4.69) is 62.5 Å². The summed E-state index contributed by atoms with van der Waals surface area (Å²) >= 11 is 0.